The van der Waals surface area contributed by atoms with Gasteiger partial charge in [0.15, 0.2) is 11.5 Å². The molecular formula is C32H40N2O6. The average molecular weight is 549 g/mol. The molecule has 0 saturated heterocycles. The van der Waals surface area contributed by atoms with E-state index < -0.39 is 0 Å². The van der Waals surface area contributed by atoms with Crippen molar-refractivity contribution in [3.63, 3.8) is 0 Å². The molecule has 1 aromatic heterocycles. The second-order valence-corrected chi connectivity index (χ2v) is 11.1. The van der Waals surface area contributed by atoms with Crippen LogP contribution in [0.15, 0.2) is 59.0 Å². The number of nitrogens with zero attached hydrogens (tertiary/aromatic N) is 2. The van der Waals surface area contributed by atoms with Crippen LogP contribution in [0.25, 0.3) is 0 Å². The minimum atomic E-state index is -0.179. The second kappa shape index (κ2) is 13.0. The van der Waals surface area contributed by atoms with E-state index in [1.807, 2.05) is 68.4 Å². The van der Waals surface area contributed by atoms with Gasteiger partial charge in [0.05, 0.1) is 6.54 Å². The molecule has 4 rings (SSSR count). The first-order valence-electron chi connectivity index (χ1n) is 13.8. The van der Waals surface area contributed by atoms with Gasteiger partial charge in [0.1, 0.15) is 18.1 Å². The lowest BCUT2D eigenvalue weighted by molar-refractivity contribution is -0.133. The Hall–Kier alpha value is -3.78. The smallest absolute Gasteiger partial charge is 0.254 e. The zero-order valence-corrected chi connectivity index (χ0v) is 24.2. The summed E-state index contributed by atoms with van der Waals surface area (Å²) in [6.07, 6.45) is 0.631. The molecule has 0 fully saturated rings. The van der Waals surface area contributed by atoms with E-state index in [-0.39, 0.29) is 37.1 Å². The van der Waals surface area contributed by atoms with Crippen LogP contribution in [0.3, 0.4) is 0 Å². The largest absolute Gasteiger partial charge is 0.464 e. The van der Waals surface area contributed by atoms with Crippen LogP contribution in [0, 0.1) is 6.92 Å². The number of carbonyl (C=O) groups is 2. The van der Waals surface area contributed by atoms with E-state index in [0.717, 1.165) is 16.9 Å². The fraction of sp³-hybridized carbons (Fsp3) is 0.438. The molecule has 0 saturated carbocycles. The third kappa shape index (κ3) is 7.66. The van der Waals surface area contributed by atoms with Gasteiger partial charge in [-0.25, -0.2) is 0 Å². The molecule has 2 heterocycles. The number of fused-ring (bicyclic) bond motifs is 1. The van der Waals surface area contributed by atoms with Gasteiger partial charge in [0.2, 0.25) is 12.7 Å². The number of carbonyl (C=O) groups excluding carboxylic acids is 2. The summed E-state index contributed by atoms with van der Waals surface area (Å²) >= 11 is 0. The Labute approximate surface area is 236 Å². The summed E-state index contributed by atoms with van der Waals surface area (Å²) in [5.41, 5.74) is 2.58. The van der Waals surface area contributed by atoms with E-state index in [0.29, 0.717) is 55.5 Å². The van der Waals surface area contributed by atoms with E-state index in [1.54, 1.807) is 9.80 Å². The SMILES string of the molecule is CCOCCCN(CC(=O)N(Cc1ccc2c(c1)OCO2)Cc1ccc(C)o1)C(=O)c1ccc(C(C)(C)C)cc1. The fourth-order valence-corrected chi connectivity index (χ4v) is 4.56. The van der Waals surface area contributed by atoms with Gasteiger partial charge in [-0.2, -0.15) is 0 Å². The van der Waals surface area contributed by atoms with Gasteiger partial charge in [-0.05, 0) is 73.2 Å². The Morgan fingerprint density at radius 1 is 0.925 bits per heavy atom. The van der Waals surface area contributed by atoms with Crippen LogP contribution in [0.5, 0.6) is 11.5 Å². The number of hydrogen-bond donors (Lipinski definition) is 0. The first-order valence-corrected chi connectivity index (χ1v) is 13.8. The zero-order chi connectivity index (χ0) is 28.7. The Morgan fingerprint density at radius 2 is 1.68 bits per heavy atom. The van der Waals surface area contributed by atoms with Crippen molar-refractivity contribution < 1.29 is 28.2 Å². The van der Waals surface area contributed by atoms with Gasteiger partial charge in [0.25, 0.3) is 5.91 Å². The summed E-state index contributed by atoms with van der Waals surface area (Å²) in [7, 11) is 0. The molecule has 0 N–H and O–H groups in total. The zero-order valence-electron chi connectivity index (χ0n) is 24.2. The number of furan rings is 1. The van der Waals surface area contributed by atoms with E-state index in [1.165, 1.54) is 0 Å². The van der Waals surface area contributed by atoms with E-state index in [9.17, 15) is 9.59 Å². The second-order valence-electron chi connectivity index (χ2n) is 11.1. The van der Waals surface area contributed by atoms with Crippen LogP contribution < -0.4 is 9.47 Å². The summed E-state index contributed by atoms with van der Waals surface area (Å²) in [5, 5.41) is 0. The van der Waals surface area contributed by atoms with Crippen LogP contribution in [-0.4, -0.2) is 54.7 Å². The first-order chi connectivity index (χ1) is 19.1. The first kappa shape index (κ1) is 29.2. The predicted octanol–water partition coefficient (Wildman–Crippen LogP) is 5.71. The minimum Gasteiger partial charge on any atom is -0.464 e. The average Bonchev–Trinajstić information content (AvgIpc) is 3.57. The molecule has 0 spiro atoms. The molecule has 1 aliphatic heterocycles. The maximum absolute atomic E-state index is 13.8. The number of ether oxygens (including phenoxy) is 3. The highest BCUT2D eigenvalue weighted by atomic mass is 16.7. The molecular weight excluding hydrogens is 508 g/mol. The number of benzene rings is 2. The standard InChI is InChI=1S/C32H40N2O6/c1-6-37-17-7-16-33(31(36)25-10-12-26(13-11-25)32(3,4)5)21-30(35)34(20-27-14-8-23(2)40-27)19-24-9-15-28-29(18-24)39-22-38-28/h8-15,18H,6-7,16-17,19-22H2,1-5H3. The minimum absolute atomic E-state index is 0.0197. The number of amides is 2. The van der Waals surface area contributed by atoms with Crippen LogP contribution in [0.1, 0.15) is 67.1 Å². The van der Waals surface area contributed by atoms with E-state index >= 15 is 0 Å². The number of rotatable bonds is 12. The molecule has 8 nitrogen and oxygen atoms in total. The quantitative estimate of drug-likeness (QED) is 0.270. The molecule has 3 aromatic rings. The third-order valence-corrected chi connectivity index (χ3v) is 6.84. The predicted molar refractivity (Wildman–Crippen MR) is 152 cm³/mol. The van der Waals surface area contributed by atoms with Crippen LogP contribution in [-0.2, 0) is 28.0 Å². The highest BCUT2D eigenvalue weighted by Crippen LogP contribution is 2.33. The van der Waals surface area contributed by atoms with E-state index in [4.69, 9.17) is 18.6 Å². The van der Waals surface area contributed by atoms with Crippen LogP contribution in [0.2, 0.25) is 0 Å². The Balaban J connectivity index is 1.54. The molecule has 2 aromatic carbocycles. The molecule has 2 amide bonds. The van der Waals surface area contributed by atoms with E-state index in [2.05, 4.69) is 20.8 Å². The van der Waals surface area contributed by atoms with Crippen LogP contribution in [0.4, 0.5) is 0 Å². The summed E-state index contributed by atoms with van der Waals surface area (Å²) in [6.45, 7) is 12.5. The van der Waals surface area contributed by atoms with Crippen molar-refractivity contribution in [1.82, 2.24) is 9.80 Å². The van der Waals surface area contributed by atoms with Gasteiger partial charge in [0, 0.05) is 31.9 Å². The molecule has 0 bridgehead atoms. The Bertz CT molecular complexity index is 1290. The molecule has 1 aliphatic rings. The number of aryl methyl sites for hydroxylation is 1. The topological polar surface area (TPSA) is 81.5 Å². The molecule has 40 heavy (non-hydrogen) atoms. The van der Waals surface area contributed by atoms with Crippen molar-refractivity contribution in [2.75, 3.05) is 33.1 Å². The molecule has 214 valence electrons. The van der Waals surface area contributed by atoms with Crippen molar-refractivity contribution in [3.05, 3.63) is 82.8 Å². The molecule has 8 heteroatoms. The van der Waals surface area contributed by atoms with Crippen molar-refractivity contribution in [2.45, 2.75) is 59.5 Å². The van der Waals surface area contributed by atoms with Gasteiger partial charge in [-0.15, -0.1) is 0 Å². The third-order valence-electron chi connectivity index (χ3n) is 6.84. The maximum Gasteiger partial charge on any atom is 0.254 e. The van der Waals surface area contributed by atoms with Gasteiger partial charge >= 0.3 is 0 Å². The van der Waals surface area contributed by atoms with Crippen LogP contribution >= 0.6 is 0 Å². The molecule has 0 atom stereocenters. The van der Waals surface area contributed by atoms with Crippen molar-refractivity contribution in [2.24, 2.45) is 0 Å². The summed E-state index contributed by atoms with van der Waals surface area (Å²) in [6, 6.07) is 17.1. The number of hydrogen-bond acceptors (Lipinski definition) is 6. The lowest BCUT2D eigenvalue weighted by Crippen LogP contribution is -2.43. The highest BCUT2D eigenvalue weighted by molar-refractivity contribution is 5.96. The Kier molecular flexibility index (Phi) is 9.53. The van der Waals surface area contributed by atoms with Crippen molar-refractivity contribution in [1.29, 1.82) is 0 Å². The maximum atomic E-state index is 13.8. The summed E-state index contributed by atoms with van der Waals surface area (Å²) in [5.74, 6) is 2.44. The van der Waals surface area contributed by atoms with Crippen molar-refractivity contribution in [3.8, 4) is 11.5 Å². The molecule has 0 unspecified atom stereocenters. The summed E-state index contributed by atoms with van der Waals surface area (Å²) < 4.78 is 22.3. The Morgan fingerprint density at radius 3 is 2.35 bits per heavy atom. The summed E-state index contributed by atoms with van der Waals surface area (Å²) in [4.78, 5) is 30.8. The normalized spacial score (nSPS) is 12.4. The highest BCUT2D eigenvalue weighted by Gasteiger charge is 2.25. The fourth-order valence-electron chi connectivity index (χ4n) is 4.56. The van der Waals surface area contributed by atoms with Gasteiger partial charge in [-0.3, -0.25) is 9.59 Å². The van der Waals surface area contributed by atoms with Gasteiger partial charge < -0.3 is 28.4 Å². The van der Waals surface area contributed by atoms with Crippen molar-refractivity contribution >= 4 is 11.8 Å². The lowest BCUT2D eigenvalue weighted by atomic mass is 9.86. The molecule has 0 aliphatic carbocycles. The van der Waals surface area contributed by atoms with Gasteiger partial charge in [-0.1, -0.05) is 39.0 Å². The monoisotopic (exact) mass is 548 g/mol. The lowest BCUT2D eigenvalue weighted by Gasteiger charge is -2.28. The molecule has 0 radical (unpaired) electrons.